The monoisotopic (exact) mass is 421 g/mol. The molecule has 2 heterocycles. The Bertz CT molecular complexity index is 1080. The van der Waals surface area contributed by atoms with Crippen molar-refractivity contribution in [1.29, 1.82) is 0 Å². The van der Waals surface area contributed by atoms with Gasteiger partial charge in [-0.3, -0.25) is 9.59 Å². The molecule has 0 radical (unpaired) electrons. The van der Waals surface area contributed by atoms with Gasteiger partial charge in [0.15, 0.2) is 0 Å². The molecule has 2 N–H and O–H groups in total. The molecule has 1 aliphatic heterocycles. The number of carbonyl (C=O) groups is 2. The van der Waals surface area contributed by atoms with Gasteiger partial charge in [-0.2, -0.15) is 0 Å². The van der Waals surface area contributed by atoms with E-state index in [1.807, 2.05) is 35.4 Å². The summed E-state index contributed by atoms with van der Waals surface area (Å²) in [7, 11) is 0. The second-order valence-electron chi connectivity index (χ2n) is 8.32. The molecule has 2 aromatic carbocycles. The van der Waals surface area contributed by atoms with E-state index < -0.39 is 0 Å². The van der Waals surface area contributed by atoms with Crippen molar-refractivity contribution < 1.29 is 14.0 Å². The van der Waals surface area contributed by atoms with Crippen molar-refractivity contribution in [1.82, 2.24) is 15.2 Å². The van der Waals surface area contributed by atoms with Gasteiger partial charge in [0, 0.05) is 49.1 Å². The van der Waals surface area contributed by atoms with Crippen LogP contribution in [-0.4, -0.2) is 34.8 Å². The number of fused-ring (bicyclic) bond motifs is 1. The van der Waals surface area contributed by atoms with E-state index in [0.717, 1.165) is 16.6 Å². The van der Waals surface area contributed by atoms with Gasteiger partial charge < -0.3 is 15.2 Å². The van der Waals surface area contributed by atoms with Crippen molar-refractivity contribution in [3.05, 3.63) is 71.2 Å². The molecule has 0 unspecified atom stereocenters. The van der Waals surface area contributed by atoms with Crippen molar-refractivity contribution in [2.45, 2.75) is 39.2 Å². The number of piperidine rings is 1. The molecule has 1 aromatic heterocycles. The number of carbonyl (C=O) groups excluding carboxylic acids is 2. The van der Waals surface area contributed by atoms with E-state index in [1.54, 1.807) is 13.0 Å². The van der Waals surface area contributed by atoms with Crippen molar-refractivity contribution in [3.8, 4) is 0 Å². The van der Waals surface area contributed by atoms with Gasteiger partial charge in [-0.05, 0) is 55.0 Å². The fourth-order valence-corrected chi connectivity index (χ4v) is 4.21. The number of nitrogens with zero attached hydrogens (tertiary/aromatic N) is 1. The Morgan fingerprint density at radius 1 is 1.16 bits per heavy atom. The first-order valence-electron chi connectivity index (χ1n) is 10.9. The Morgan fingerprint density at radius 3 is 2.71 bits per heavy atom. The maximum absolute atomic E-state index is 13.7. The number of aryl methyl sites for hydroxylation is 2. The molecule has 31 heavy (non-hydrogen) atoms. The lowest BCUT2D eigenvalue weighted by molar-refractivity contribution is -0.135. The number of amides is 2. The van der Waals surface area contributed by atoms with Crippen LogP contribution in [0.4, 0.5) is 4.39 Å². The molecule has 0 saturated carbocycles. The Balaban J connectivity index is 1.22. The smallest absolute Gasteiger partial charge is 0.223 e. The minimum Gasteiger partial charge on any atom is -0.361 e. The lowest BCUT2D eigenvalue weighted by atomic mass is 9.95. The molecule has 1 saturated heterocycles. The van der Waals surface area contributed by atoms with Crippen LogP contribution in [0, 0.1) is 18.7 Å². The normalized spacial score (nSPS) is 14.7. The van der Waals surface area contributed by atoms with Crippen LogP contribution >= 0.6 is 0 Å². The molecule has 3 aromatic rings. The summed E-state index contributed by atoms with van der Waals surface area (Å²) in [5.41, 5.74) is 3.59. The Morgan fingerprint density at radius 2 is 1.94 bits per heavy atom. The SMILES string of the molecule is Cc1ccc(CNC(=O)C2CCN(C(=O)CCc3c[nH]c4ccccc34)CC2)cc1F. The minimum absolute atomic E-state index is 0.0214. The zero-order valence-corrected chi connectivity index (χ0v) is 17.8. The summed E-state index contributed by atoms with van der Waals surface area (Å²) in [6.07, 6.45) is 4.47. The predicted octanol–water partition coefficient (Wildman–Crippen LogP) is 4.10. The summed E-state index contributed by atoms with van der Waals surface area (Å²) < 4.78 is 13.7. The molecular weight excluding hydrogens is 393 g/mol. The van der Waals surface area contributed by atoms with Crippen LogP contribution in [0.15, 0.2) is 48.7 Å². The fourth-order valence-electron chi connectivity index (χ4n) is 4.21. The van der Waals surface area contributed by atoms with Gasteiger partial charge in [-0.15, -0.1) is 0 Å². The van der Waals surface area contributed by atoms with Crippen molar-refractivity contribution in [2.75, 3.05) is 13.1 Å². The molecule has 0 spiro atoms. The highest BCUT2D eigenvalue weighted by atomic mass is 19.1. The number of aromatic nitrogens is 1. The first kappa shape index (κ1) is 21.1. The van der Waals surface area contributed by atoms with E-state index in [4.69, 9.17) is 0 Å². The summed E-state index contributed by atoms with van der Waals surface area (Å²) in [4.78, 5) is 30.3. The third-order valence-electron chi connectivity index (χ3n) is 6.20. The molecule has 162 valence electrons. The van der Waals surface area contributed by atoms with Crippen LogP contribution in [0.1, 0.15) is 36.0 Å². The van der Waals surface area contributed by atoms with E-state index in [9.17, 15) is 14.0 Å². The number of para-hydroxylation sites is 1. The van der Waals surface area contributed by atoms with Gasteiger partial charge in [-0.1, -0.05) is 30.3 Å². The number of halogens is 1. The van der Waals surface area contributed by atoms with Crippen LogP contribution < -0.4 is 5.32 Å². The van der Waals surface area contributed by atoms with Crippen LogP contribution in [0.2, 0.25) is 0 Å². The second kappa shape index (κ2) is 9.33. The molecule has 0 bridgehead atoms. The van der Waals surface area contributed by atoms with Gasteiger partial charge in [0.25, 0.3) is 0 Å². The molecule has 1 aliphatic rings. The minimum atomic E-state index is -0.258. The third-order valence-corrected chi connectivity index (χ3v) is 6.20. The van der Waals surface area contributed by atoms with Crippen LogP contribution in [0.25, 0.3) is 10.9 Å². The number of nitrogens with one attached hydrogen (secondary N) is 2. The average molecular weight is 422 g/mol. The second-order valence-corrected chi connectivity index (χ2v) is 8.32. The van der Waals surface area contributed by atoms with Crippen LogP contribution in [0.5, 0.6) is 0 Å². The quantitative estimate of drug-likeness (QED) is 0.629. The molecule has 2 amide bonds. The highest BCUT2D eigenvalue weighted by Gasteiger charge is 2.27. The summed E-state index contributed by atoms with van der Waals surface area (Å²) in [5, 5.41) is 4.07. The van der Waals surface area contributed by atoms with Crippen LogP contribution in [-0.2, 0) is 22.6 Å². The number of hydrogen-bond donors (Lipinski definition) is 2. The van der Waals surface area contributed by atoms with E-state index in [-0.39, 0.29) is 23.5 Å². The van der Waals surface area contributed by atoms with E-state index in [1.165, 1.54) is 11.5 Å². The lowest BCUT2D eigenvalue weighted by Gasteiger charge is -2.31. The van der Waals surface area contributed by atoms with Crippen LogP contribution in [0.3, 0.4) is 0 Å². The first-order valence-corrected chi connectivity index (χ1v) is 10.9. The topological polar surface area (TPSA) is 65.2 Å². The predicted molar refractivity (Wildman–Crippen MR) is 119 cm³/mol. The lowest BCUT2D eigenvalue weighted by Crippen LogP contribution is -2.43. The molecule has 1 fully saturated rings. The Labute approximate surface area is 181 Å². The Hall–Kier alpha value is -3.15. The van der Waals surface area contributed by atoms with Crippen molar-refractivity contribution in [2.24, 2.45) is 5.92 Å². The third kappa shape index (κ3) is 4.95. The zero-order valence-electron chi connectivity index (χ0n) is 17.8. The first-order chi connectivity index (χ1) is 15.0. The standard InChI is InChI=1S/C25H28FN3O2/c1-17-6-7-18(14-22(17)26)15-28-25(31)19-10-12-29(13-11-19)24(30)9-8-20-16-27-23-5-3-2-4-21(20)23/h2-7,14,16,19,27H,8-13,15H2,1H3,(H,28,31). The van der Waals surface area contributed by atoms with Gasteiger partial charge in [0.2, 0.25) is 11.8 Å². The highest BCUT2D eigenvalue weighted by Crippen LogP contribution is 2.21. The van der Waals surface area contributed by atoms with Gasteiger partial charge in [0.1, 0.15) is 5.82 Å². The maximum atomic E-state index is 13.7. The van der Waals surface area contributed by atoms with E-state index in [2.05, 4.69) is 16.4 Å². The van der Waals surface area contributed by atoms with Gasteiger partial charge in [-0.25, -0.2) is 4.39 Å². The molecule has 4 rings (SSSR count). The maximum Gasteiger partial charge on any atom is 0.223 e. The summed E-state index contributed by atoms with van der Waals surface area (Å²) in [6.45, 7) is 3.24. The number of benzene rings is 2. The fraction of sp³-hybridized carbons (Fsp3) is 0.360. The van der Waals surface area contributed by atoms with Crippen molar-refractivity contribution in [3.63, 3.8) is 0 Å². The number of H-pyrrole nitrogens is 1. The summed E-state index contributed by atoms with van der Waals surface area (Å²) in [5.74, 6) is -0.245. The number of rotatable bonds is 6. The summed E-state index contributed by atoms with van der Waals surface area (Å²) in [6, 6.07) is 13.1. The molecule has 6 heteroatoms. The molecule has 0 aliphatic carbocycles. The number of hydrogen-bond acceptors (Lipinski definition) is 2. The number of aromatic amines is 1. The molecular formula is C25H28FN3O2. The van der Waals surface area contributed by atoms with Gasteiger partial charge in [0.05, 0.1) is 0 Å². The molecule has 5 nitrogen and oxygen atoms in total. The van der Waals surface area contributed by atoms with E-state index in [0.29, 0.717) is 50.9 Å². The number of likely N-dealkylation sites (tertiary alicyclic amines) is 1. The van der Waals surface area contributed by atoms with E-state index >= 15 is 0 Å². The van der Waals surface area contributed by atoms with Crippen molar-refractivity contribution >= 4 is 22.7 Å². The zero-order chi connectivity index (χ0) is 21.8. The average Bonchev–Trinajstić information content (AvgIpc) is 3.21. The molecule has 0 atom stereocenters. The highest BCUT2D eigenvalue weighted by molar-refractivity contribution is 5.84. The largest absolute Gasteiger partial charge is 0.361 e. The van der Waals surface area contributed by atoms with Gasteiger partial charge >= 0.3 is 0 Å². The summed E-state index contributed by atoms with van der Waals surface area (Å²) >= 11 is 0. The Kier molecular flexibility index (Phi) is 6.35.